The van der Waals surface area contributed by atoms with E-state index < -0.39 is 0 Å². The van der Waals surface area contributed by atoms with Crippen LogP contribution in [0.25, 0.3) is 0 Å². The number of aliphatic hydroxyl groups is 1. The molecule has 0 radical (unpaired) electrons. The minimum atomic E-state index is -0.160. The molecular weight excluding hydrogens is 229 g/mol. The Morgan fingerprint density at radius 2 is 2.00 bits per heavy atom. The minimum Gasteiger partial charge on any atom is -0.396 e. The molecule has 3 heteroatoms. The van der Waals surface area contributed by atoms with Gasteiger partial charge in [0.2, 0.25) is 0 Å². The summed E-state index contributed by atoms with van der Waals surface area (Å²) in [5, 5.41) is 12.4. The van der Waals surface area contributed by atoms with Crippen molar-refractivity contribution in [2.75, 3.05) is 13.2 Å². The number of rotatable bonds is 8. The van der Waals surface area contributed by atoms with Crippen LogP contribution in [0.4, 0.5) is 4.39 Å². The molecule has 0 bridgehead atoms. The van der Waals surface area contributed by atoms with Gasteiger partial charge in [-0.1, -0.05) is 31.5 Å². The maximum atomic E-state index is 13.6. The smallest absolute Gasteiger partial charge is 0.127 e. The molecule has 18 heavy (non-hydrogen) atoms. The highest BCUT2D eigenvalue weighted by atomic mass is 19.1. The van der Waals surface area contributed by atoms with Crippen molar-refractivity contribution in [2.45, 2.75) is 39.2 Å². The maximum Gasteiger partial charge on any atom is 0.127 e. The van der Waals surface area contributed by atoms with Crippen LogP contribution in [0.3, 0.4) is 0 Å². The first-order valence-electron chi connectivity index (χ1n) is 6.77. The summed E-state index contributed by atoms with van der Waals surface area (Å²) in [6.07, 6.45) is 3.02. The fourth-order valence-corrected chi connectivity index (χ4v) is 2.22. The van der Waals surface area contributed by atoms with Gasteiger partial charge in [-0.3, -0.25) is 0 Å². The molecule has 2 unspecified atom stereocenters. The van der Waals surface area contributed by atoms with Crippen molar-refractivity contribution in [2.24, 2.45) is 5.92 Å². The lowest BCUT2D eigenvalue weighted by molar-refractivity contribution is 0.245. The number of hydrogen-bond donors (Lipinski definition) is 2. The van der Waals surface area contributed by atoms with Crippen LogP contribution in [-0.2, 0) is 0 Å². The maximum absolute atomic E-state index is 13.6. The average Bonchev–Trinajstić information content (AvgIpc) is 2.36. The standard InChI is InChI=1S/C15H24FNO/c1-3-6-13(9-10-18)11-17-12(2)14-7-4-5-8-15(14)16/h4-5,7-8,12-13,17-18H,3,6,9-11H2,1-2H3. The van der Waals surface area contributed by atoms with Gasteiger partial charge >= 0.3 is 0 Å². The van der Waals surface area contributed by atoms with E-state index in [2.05, 4.69) is 12.2 Å². The molecule has 2 atom stereocenters. The van der Waals surface area contributed by atoms with Gasteiger partial charge in [0.15, 0.2) is 0 Å². The predicted octanol–water partition coefficient (Wildman–Crippen LogP) is 3.28. The minimum absolute atomic E-state index is 0.00393. The zero-order valence-electron chi connectivity index (χ0n) is 11.3. The van der Waals surface area contributed by atoms with Crippen molar-refractivity contribution in [3.63, 3.8) is 0 Å². The molecule has 0 saturated carbocycles. The Balaban J connectivity index is 2.49. The van der Waals surface area contributed by atoms with Crippen LogP contribution in [0.1, 0.15) is 44.7 Å². The van der Waals surface area contributed by atoms with Gasteiger partial charge in [-0.2, -0.15) is 0 Å². The monoisotopic (exact) mass is 253 g/mol. The molecule has 2 nitrogen and oxygen atoms in total. The molecule has 1 aromatic rings. The molecule has 0 amide bonds. The van der Waals surface area contributed by atoms with E-state index in [1.807, 2.05) is 19.1 Å². The summed E-state index contributed by atoms with van der Waals surface area (Å²) >= 11 is 0. The zero-order valence-corrected chi connectivity index (χ0v) is 11.3. The second-order valence-corrected chi connectivity index (χ2v) is 4.82. The molecule has 0 fully saturated rings. The third kappa shape index (κ3) is 4.75. The average molecular weight is 253 g/mol. The van der Waals surface area contributed by atoms with Gasteiger partial charge in [0.05, 0.1) is 0 Å². The van der Waals surface area contributed by atoms with Crippen molar-refractivity contribution in [1.82, 2.24) is 5.32 Å². The normalized spacial score (nSPS) is 14.4. The van der Waals surface area contributed by atoms with Gasteiger partial charge in [-0.05, 0) is 38.3 Å². The fourth-order valence-electron chi connectivity index (χ4n) is 2.22. The predicted molar refractivity (Wildman–Crippen MR) is 72.9 cm³/mol. The first kappa shape index (κ1) is 15.1. The van der Waals surface area contributed by atoms with Gasteiger partial charge in [0.1, 0.15) is 5.82 Å². The molecule has 0 spiro atoms. The Bertz CT molecular complexity index is 337. The first-order valence-corrected chi connectivity index (χ1v) is 6.77. The molecule has 102 valence electrons. The third-order valence-electron chi connectivity index (χ3n) is 3.32. The second-order valence-electron chi connectivity index (χ2n) is 4.82. The van der Waals surface area contributed by atoms with Crippen molar-refractivity contribution in [3.05, 3.63) is 35.6 Å². The van der Waals surface area contributed by atoms with E-state index in [4.69, 9.17) is 5.11 Å². The van der Waals surface area contributed by atoms with Gasteiger partial charge in [-0.15, -0.1) is 0 Å². The van der Waals surface area contributed by atoms with E-state index in [9.17, 15) is 4.39 Å². The van der Waals surface area contributed by atoms with E-state index in [0.717, 1.165) is 25.8 Å². The Hall–Kier alpha value is -0.930. The number of hydrogen-bond acceptors (Lipinski definition) is 2. The van der Waals surface area contributed by atoms with Gasteiger partial charge < -0.3 is 10.4 Å². The summed E-state index contributed by atoms with van der Waals surface area (Å²) in [5.74, 6) is 0.306. The summed E-state index contributed by atoms with van der Waals surface area (Å²) in [6.45, 7) is 5.16. The topological polar surface area (TPSA) is 32.3 Å². The molecular formula is C15H24FNO. The first-order chi connectivity index (χ1) is 8.69. The van der Waals surface area contributed by atoms with Crippen molar-refractivity contribution >= 4 is 0 Å². The number of aliphatic hydroxyl groups excluding tert-OH is 1. The summed E-state index contributed by atoms with van der Waals surface area (Å²) in [4.78, 5) is 0. The highest BCUT2D eigenvalue weighted by Crippen LogP contribution is 2.17. The fraction of sp³-hybridized carbons (Fsp3) is 0.600. The second kappa shape index (κ2) is 8.22. The highest BCUT2D eigenvalue weighted by molar-refractivity contribution is 5.20. The lowest BCUT2D eigenvalue weighted by atomic mass is 9.99. The summed E-state index contributed by atoms with van der Waals surface area (Å²) in [6, 6.07) is 6.87. The Kier molecular flexibility index (Phi) is 6.91. The van der Waals surface area contributed by atoms with Crippen LogP contribution in [0.2, 0.25) is 0 Å². The molecule has 0 heterocycles. The zero-order chi connectivity index (χ0) is 13.4. The van der Waals surface area contributed by atoms with E-state index in [1.165, 1.54) is 6.07 Å². The Labute approximate surface area is 109 Å². The third-order valence-corrected chi connectivity index (χ3v) is 3.32. The van der Waals surface area contributed by atoms with E-state index >= 15 is 0 Å². The number of nitrogens with one attached hydrogen (secondary N) is 1. The summed E-state index contributed by atoms with van der Waals surface area (Å²) < 4.78 is 13.6. The Morgan fingerprint density at radius 3 is 2.61 bits per heavy atom. The SMILES string of the molecule is CCCC(CCO)CNC(C)c1ccccc1F. The number of halogens is 1. The van der Waals surface area contributed by atoms with Gasteiger partial charge in [0, 0.05) is 18.2 Å². The quantitative estimate of drug-likeness (QED) is 0.745. The summed E-state index contributed by atoms with van der Waals surface area (Å²) in [5.41, 5.74) is 0.705. The van der Waals surface area contributed by atoms with Gasteiger partial charge in [-0.25, -0.2) is 4.39 Å². The highest BCUT2D eigenvalue weighted by Gasteiger charge is 2.12. The van der Waals surface area contributed by atoms with Crippen LogP contribution < -0.4 is 5.32 Å². The van der Waals surface area contributed by atoms with Crippen LogP contribution in [-0.4, -0.2) is 18.3 Å². The number of benzene rings is 1. The van der Waals surface area contributed by atoms with Crippen LogP contribution >= 0.6 is 0 Å². The molecule has 1 rings (SSSR count). The van der Waals surface area contributed by atoms with Gasteiger partial charge in [0.25, 0.3) is 0 Å². The van der Waals surface area contributed by atoms with Crippen molar-refractivity contribution < 1.29 is 9.50 Å². The lowest BCUT2D eigenvalue weighted by Crippen LogP contribution is -2.27. The molecule has 0 aliphatic heterocycles. The van der Waals surface area contributed by atoms with E-state index in [1.54, 1.807) is 6.07 Å². The molecule has 0 aliphatic rings. The molecule has 0 aliphatic carbocycles. The largest absolute Gasteiger partial charge is 0.396 e. The molecule has 0 saturated heterocycles. The molecule has 1 aromatic carbocycles. The Morgan fingerprint density at radius 1 is 1.28 bits per heavy atom. The van der Waals surface area contributed by atoms with Crippen molar-refractivity contribution in [3.8, 4) is 0 Å². The van der Waals surface area contributed by atoms with Crippen LogP contribution in [0, 0.1) is 11.7 Å². The van der Waals surface area contributed by atoms with Crippen molar-refractivity contribution in [1.29, 1.82) is 0 Å². The summed E-state index contributed by atoms with van der Waals surface area (Å²) in [7, 11) is 0. The van der Waals surface area contributed by atoms with Crippen LogP contribution in [0.15, 0.2) is 24.3 Å². The van der Waals surface area contributed by atoms with E-state index in [0.29, 0.717) is 11.5 Å². The lowest BCUT2D eigenvalue weighted by Gasteiger charge is -2.20. The molecule has 2 N–H and O–H groups in total. The van der Waals surface area contributed by atoms with E-state index in [-0.39, 0.29) is 18.5 Å². The molecule has 0 aromatic heterocycles. The van der Waals surface area contributed by atoms with Crippen LogP contribution in [0.5, 0.6) is 0 Å².